The molecule has 1 fully saturated rings. The van der Waals surface area contributed by atoms with Gasteiger partial charge in [0.15, 0.2) is 0 Å². The molecule has 2 heterocycles. The number of likely N-dealkylation sites (tertiary alicyclic amines) is 1. The second-order valence-electron chi connectivity index (χ2n) is 5.40. The monoisotopic (exact) mass is 235 g/mol. The molecule has 0 aliphatic carbocycles. The van der Waals surface area contributed by atoms with Crippen LogP contribution in [0.5, 0.6) is 0 Å². The Kier molecular flexibility index (Phi) is 3.22. The van der Waals surface area contributed by atoms with E-state index in [1.165, 1.54) is 0 Å². The van der Waals surface area contributed by atoms with Crippen LogP contribution >= 0.6 is 0 Å². The van der Waals surface area contributed by atoms with Gasteiger partial charge in [-0.05, 0) is 0 Å². The van der Waals surface area contributed by atoms with Crippen molar-refractivity contribution in [3.63, 3.8) is 0 Å². The molecule has 1 aliphatic heterocycles. The Balaban J connectivity index is 2.00. The van der Waals surface area contributed by atoms with Gasteiger partial charge in [0.05, 0.1) is 6.04 Å². The Morgan fingerprint density at radius 1 is 1.35 bits per heavy atom. The highest BCUT2D eigenvalue weighted by atomic mass is 16.2. The molecule has 4 nitrogen and oxygen atoms in total. The highest BCUT2D eigenvalue weighted by Gasteiger charge is 2.33. The molecule has 1 saturated heterocycles. The summed E-state index contributed by atoms with van der Waals surface area (Å²) in [5, 5.41) is 0. The van der Waals surface area contributed by atoms with Gasteiger partial charge in [-0.25, -0.2) is 4.98 Å². The second kappa shape index (κ2) is 4.51. The van der Waals surface area contributed by atoms with Gasteiger partial charge in [0, 0.05) is 37.3 Å². The first-order chi connectivity index (χ1) is 8.00. The number of hydrogen-bond acceptors (Lipinski definition) is 2. The molecule has 17 heavy (non-hydrogen) atoms. The summed E-state index contributed by atoms with van der Waals surface area (Å²) in [5.41, 5.74) is 0. The lowest BCUT2D eigenvalue weighted by molar-refractivity contribution is -0.140. The molecule has 1 amide bonds. The van der Waals surface area contributed by atoms with E-state index < -0.39 is 0 Å². The number of carbonyl (C=O) groups is 1. The standard InChI is InChI=1S/C13H21N3O/c1-9(2)12-14-5-6-16(12)11-7-15(8-11)13(17)10(3)4/h5-6,9-11H,7-8H2,1-4H3. The molecule has 0 aromatic carbocycles. The molecule has 0 bridgehead atoms. The summed E-state index contributed by atoms with van der Waals surface area (Å²) in [4.78, 5) is 18.1. The Morgan fingerprint density at radius 2 is 2.00 bits per heavy atom. The van der Waals surface area contributed by atoms with Crippen LogP contribution in [-0.4, -0.2) is 33.4 Å². The summed E-state index contributed by atoms with van der Waals surface area (Å²) in [6, 6.07) is 0.414. The molecular formula is C13H21N3O. The van der Waals surface area contributed by atoms with Crippen molar-refractivity contribution in [2.24, 2.45) is 5.92 Å². The lowest BCUT2D eigenvalue weighted by Crippen LogP contribution is -2.52. The van der Waals surface area contributed by atoms with Crippen LogP contribution in [0.25, 0.3) is 0 Å². The first kappa shape index (κ1) is 12.1. The van der Waals surface area contributed by atoms with Crippen LogP contribution in [0.1, 0.15) is 45.5 Å². The van der Waals surface area contributed by atoms with Crippen molar-refractivity contribution >= 4 is 5.91 Å². The smallest absolute Gasteiger partial charge is 0.225 e. The van der Waals surface area contributed by atoms with Gasteiger partial charge in [-0.2, -0.15) is 0 Å². The summed E-state index contributed by atoms with van der Waals surface area (Å²) in [5.74, 6) is 1.90. The van der Waals surface area contributed by atoms with Gasteiger partial charge < -0.3 is 9.47 Å². The molecule has 0 N–H and O–H groups in total. The van der Waals surface area contributed by atoms with Crippen LogP contribution in [0.4, 0.5) is 0 Å². The molecule has 0 radical (unpaired) electrons. The Hall–Kier alpha value is -1.32. The average molecular weight is 235 g/mol. The first-order valence-electron chi connectivity index (χ1n) is 6.32. The summed E-state index contributed by atoms with van der Waals surface area (Å²) >= 11 is 0. The molecule has 2 rings (SSSR count). The van der Waals surface area contributed by atoms with Crippen LogP contribution in [0.2, 0.25) is 0 Å². The Labute approximate surface area is 103 Å². The number of aromatic nitrogens is 2. The van der Waals surface area contributed by atoms with Gasteiger partial charge in [-0.1, -0.05) is 27.7 Å². The van der Waals surface area contributed by atoms with Crippen LogP contribution in [0.15, 0.2) is 12.4 Å². The molecule has 1 aromatic heterocycles. The predicted octanol–water partition coefficient (Wildman–Crippen LogP) is 2.05. The van der Waals surface area contributed by atoms with Crippen molar-refractivity contribution in [3.05, 3.63) is 18.2 Å². The molecular weight excluding hydrogens is 214 g/mol. The van der Waals surface area contributed by atoms with E-state index in [9.17, 15) is 4.79 Å². The maximum Gasteiger partial charge on any atom is 0.225 e. The minimum atomic E-state index is 0.100. The third-order valence-corrected chi connectivity index (χ3v) is 3.28. The lowest BCUT2D eigenvalue weighted by Gasteiger charge is -2.41. The SMILES string of the molecule is CC(C)C(=O)N1CC(n2ccnc2C(C)C)C1. The number of imidazole rings is 1. The zero-order valence-corrected chi connectivity index (χ0v) is 11.1. The minimum Gasteiger partial charge on any atom is -0.338 e. The topological polar surface area (TPSA) is 38.1 Å². The zero-order valence-electron chi connectivity index (χ0n) is 11.1. The Morgan fingerprint density at radius 3 is 2.53 bits per heavy atom. The van der Waals surface area contributed by atoms with Crippen LogP contribution in [0, 0.1) is 5.92 Å². The van der Waals surface area contributed by atoms with Gasteiger partial charge >= 0.3 is 0 Å². The van der Waals surface area contributed by atoms with Gasteiger partial charge in [-0.3, -0.25) is 4.79 Å². The number of rotatable bonds is 3. The van der Waals surface area contributed by atoms with Crippen molar-refractivity contribution in [2.45, 2.75) is 39.7 Å². The normalized spacial score (nSPS) is 16.7. The molecule has 4 heteroatoms. The molecule has 0 spiro atoms. The quantitative estimate of drug-likeness (QED) is 0.804. The summed E-state index contributed by atoms with van der Waals surface area (Å²) in [6.45, 7) is 9.85. The first-order valence-corrected chi connectivity index (χ1v) is 6.32. The maximum absolute atomic E-state index is 11.8. The second-order valence-corrected chi connectivity index (χ2v) is 5.40. The number of carbonyl (C=O) groups excluding carboxylic acids is 1. The van der Waals surface area contributed by atoms with Crippen LogP contribution < -0.4 is 0 Å². The molecule has 1 aliphatic rings. The highest BCUT2D eigenvalue weighted by molar-refractivity contribution is 5.78. The predicted molar refractivity (Wildman–Crippen MR) is 66.8 cm³/mol. The van der Waals surface area contributed by atoms with E-state index in [-0.39, 0.29) is 11.8 Å². The summed E-state index contributed by atoms with van der Waals surface area (Å²) in [6.07, 6.45) is 3.87. The van der Waals surface area contributed by atoms with E-state index >= 15 is 0 Å². The van der Waals surface area contributed by atoms with E-state index in [0.29, 0.717) is 12.0 Å². The third kappa shape index (κ3) is 2.21. The van der Waals surface area contributed by atoms with E-state index in [1.807, 2.05) is 31.1 Å². The zero-order chi connectivity index (χ0) is 12.6. The van der Waals surface area contributed by atoms with Gasteiger partial charge in [0.2, 0.25) is 5.91 Å². The van der Waals surface area contributed by atoms with Crippen molar-refractivity contribution in [1.29, 1.82) is 0 Å². The fraction of sp³-hybridized carbons (Fsp3) is 0.692. The minimum absolute atomic E-state index is 0.100. The van der Waals surface area contributed by atoms with E-state index in [1.54, 1.807) is 0 Å². The van der Waals surface area contributed by atoms with Crippen molar-refractivity contribution in [3.8, 4) is 0 Å². The lowest BCUT2D eigenvalue weighted by atomic mass is 10.0. The fourth-order valence-corrected chi connectivity index (χ4v) is 2.26. The number of nitrogens with zero attached hydrogens (tertiary/aromatic N) is 3. The molecule has 1 aromatic rings. The molecule has 0 atom stereocenters. The maximum atomic E-state index is 11.8. The summed E-state index contributed by atoms with van der Waals surface area (Å²) in [7, 11) is 0. The number of amides is 1. The average Bonchev–Trinajstić information content (AvgIpc) is 2.63. The van der Waals surface area contributed by atoms with E-state index in [2.05, 4.69) is 23.4 Å². The third-order valence-electron chi connectivity index (χ3n) is 3.28. The van der Waals surface area contributed by atoms with Gasteiger partial charge in [-0.15, -0.1) is 0 Å². The molecule has 94 valence electrons. The van der Waals surface area contributed by atoms with Crippen LogP contribution in [0.3, 0.4) is 0 Å². The van der Waals surface area contributed by atoms with Gasteiger partial charge in [0.1, 0.15) is 5.82 Å². The summed E-state index contributed by atoms with van der Waals surface area (Å²) < 4.78 is 2.22. The molecule has 0 unspecified atom stereocenters. The van der Waals surface area contributed by atoms with Crippen molar-refractivity contribution in [1.82, 2.24) is 14.5 Å². The fourth-order valence-electron chi connectivity index (χ4n) is 2.26. The van der Waals surface area contributed by atoms with Crippen molar-refractivity contribution < 1.29 is 4.79 Å². The largest absolute Gasteiger partial charge is 0.338 e. The molecule has 0 saturated carbocycles. The van der Waals surface area contributed by atoms with Gasteiger partial charge in [0.25, 0.3) is 0 Å². The number of hydrogen-bond donors (Lipinski definition) is 0. The highest BCUT2D eigenvalue weighted by Crippen LogP contribution is 2.26. The Bertz CT molecular complexity index is 403. The van der Waals surface area contributed by atoms with E-state index in [0.717, 1.165) is 18.9 Å². The van der Waals surface area contributed by atoms with Crippen LogP contribution in [-0.2, 0) is 4.79 Å². The van der Waals surface area contributed by atoms with Crippen molar-refractivity contribution in [2.75, 3.05) is 13.1 Å². The van der Waals surface area contributed by atoms with E-state index in [4.69, 9.17) is 0 Å².